The second-order valence-electron chi connectivity index (χ2n) is 5.65. The van der Waals surface area contributed by atoms with Gasteiger partial charge in [0, 0.05) is 18.2 Å². The van der Waals surface area contributed by atoms with Gasteiger partial charge in [-0.15, -0.1) is 12.4 Å². The van der Waals surface area contributed by atoms with E-state index < -0.39 is 0 Å². The summed E-state index contributed by atoms with van der Waals surface area (Å²) in [4.78, 5) is 24.1. The highest BCUT2D eigenvalue weighted by molar-refractivity contribution is 6.34. The lowest BCUT2D eigenvalue weighted by molar-refractivity contribution is -0.121. The molecule has 7 heteroatoms. The van der Waals surface area contributed by atoms with Crippen LogP contribution in [0, 0.1) is 11.8 Å². The first-order valence-corrected chi connectivity index (χ1v) is 8.00. The zero-order valence-electron chi connectivity index (χ0n) is 13.3. The van der Waals surface area contributed by atoms with Gasteiger partial charge in [-0.1, -0.05) is 25.4 Å². The molecular weight excluding hydrogens is 337 g/mol. The summed E-state index contributed by atoms with van der Waals surface area (Å²) in [5.74, 6) is 0.117. The summed E-state index contributed by atoms with van der Waals surface area (Å²) in [7, 11) is 0. The number of anilines is 1. The Hall–Kier alpha value is -1.30. The van der Waals surface area contributed by atoms with Gasteiger partial charge in [-0.05, 0) is 43.6 Å². The number of amides is 2. The predicted octanol–water partition coefficient (Wildman–Crippen LogP) is 2.70. The number of hydrogen-bond acceptors (Lipinski definition) is 3. The quantitative estimate of drug-likeness (QED) is 0.731. The van der Waals surface area contributed by atoms with Crippen LogP contribution in [0.3, 0.4) is 0 Å². The molecule has 1 aliphatic rings. The molecule has 23 heavy (non-hydrogen) atoms. The molecule has 0 radical (unpaired) electrons. The van der Waals surface area contributed by atoms with E-state index in [0.717, 1.165) is 19.5 Å². The van der Waals surface area contributed by atoms with Crippen LogP contribution in [0.1, 0.15) is 30.6 Å². The highest BCUT2D eigenvalue weighted by atomic mass is 35.5. The lowest BCUT2D eigenvalue weighted by Gasteiger charge is -2.31. The normalized spacial score (nSPS) is 15.1. The van der Waals surface area contributed by atoms with Crippen LogP contribution in [-0.4, -0.2) is 31.4 Å². The molecule has 128 valence electrons. The van der Waals surface area contributed by atoms with E-state index in [1.54, 1.807) is 18.2 Å². The molecule has 0 saturated carbocycles. The minimum absolute atomic E-state index is 0. The SMILES string of the molecule is CCCNC(=O)c1ccc(NC(=O)C(C)C2CNC2)cc1Cl.Cl. The Morgan fingerprint density at radius 1 is 1.39 bits per heavy atom. The average molecular weight is 360 g/mol. The van der Waals surface area contributed by atoms with Gasteiger partial charge in [0.15, 0.2) is 0 Å². The maximum Gasteiger partial charge on any atom is 0.252 e. The van der Waals surface area contributed by atoms with Crippen molar-refractivity contribution in [2.24, 2.45) is 11.8 Å². The second kappa shape index (κ2) is 9.11. The number of carbonyl (C=O) groups excluding carboxylic acids is 2. The molecule has 1 atom stereocenters. The van der Waals surface area contributed by atoms with Gasteiger partial charge in [0.05, 0.1) is 10.6 Å². The Kier molecular flexibility index (Phi) is 7.82. The topological polar surface area (TPSA) is 70.2 Å². The predicted molar refractivity (Wildman–Crippen MR) is 95.5 cm³/mol. The first-order chi connectivity index (χ1) is 10.5. The van der Waals surface area contributed by atoms with E-state index in [1.807, 2.05) is 13.8 Å². The van der Waals surface area contributed by atoms with Gasteiger partial charge < -0.3 is 16.0 Å². The van der Waals surface area contributed by atoms with E-state index >= 15 is 0 Å². The van der Waals surface area contributed by atoms with Crippen LogP contribution in [0.25, 0.3) is 0 Å². The lowest BCUT2D eigenvalue weighted by atomic mass is 9.88. The van der Waals surface area contributed by atoms with Gasteiger partial charge in [0.2, 0.25) is 5.91 Å². The van der Waals surface area contributed by atoms with Crippen LogP contribution in [0.15, 0.2) is 18.2 Å². The summed E-state index contributed by atoms with van der Waals surface area (Å²) in [6.45, 7) is 6.28. The summed E-state index contributed by atoms with van der Waals surface area (Å²) >= 11 is 6.15. The van der Waals surface area contributed by atoms with Crippen molar-refractivity contribution >= 4 is 41.5 Å². The zero-order chi connectivity index (χ0) is 16.1. The molecule has 0 aromatic heterocycles. The fraction of sp³-hybridized carbons (Fsp3) is 0.500. The van der Waals surface area contributed by atoms with E-state index in [-0.39, 0.29) is 30.1 Å². The van der Waals surface area contributed by atoms with E-state index in [2.05, 4.69) is 16.0 Å². The Morgan fingerprint density at radius 3 is 2.61 bits per heavy atom. The van der Waals surface area contributed by atoms with E-state index in [0.29, 0.717) is 28.7 Å². The largest absolute Gasteiger partial charge is 0.352 e. The van der Waals surface area contributed by atoms with E-state index in [9.17, 15) is 9.59 Å². The van der Waals surface area contributed by atoms with Crippen molar-refractivity contribution in [3.05, 3.63) is 28.8 Å². The molecule has 0 bridgehead atoms. The van der Waals surface area contributed by atoms with Crippen molar-refractivity contribution < 1.29 is 9.59 Å². The van der Waals surface area contributed by atoms with Crippen LogP contribution in [0.2, 0.25) is 5.02 Å². The molecule has 0 spiro atoms. The van der Waals surface area contributed by atoms with Crippen LogP contribution in [0.4, 0.5) is 5.69 Å². The van der Waals surface area contributed by atoms with Gasteiger partial charge in [-0.25, -0.2) is 0 Å². The summed E-state index contributed by atoms with van der Waals surface area (Å²) in [6.07, 6.45) is 0.866. The number of hydrogen-bond donors (Lipinski definition) is 3. The smallest absolute Gasteiger partial charge is 0.252 e. The van der Waals surface area contributed by atoms with Crippen molar-refractivity contribution in [2.45, 2.75) is 20.3 Å². The maximum absolute atomic E-state index is 12.2. The molecule has 1 unspecified atom stereocenters. The molecule has 1 fully saturated rings. The van der Waals surface area contributed by atoms with Crippen molar-refractivity contribution in [3.63, 3.8) is 0 Å². The van der Waals surface area contributed by atoms with Gasteiger partial charge >= 0.3 is 0 Å². The third-order valence-electron chi connectivity index (χ3n) is 3.95. The number of benzene rings is 1. The molecule has 2 rings (SSSR count). The Balaban J connectivity index is 0.00000264. The van der Waals surface area contributed by atoms with Gasteiger partial charge in [-0.2, -0.15) is 0 Å². The molecule has 1 aromatic rings. The van der Waals surface area contributed by atoms with E-state index in [1.165, 1.54) is 0 Å². The number of carbonyl (C=O) groups is 2. The lowest BCUT2D eigenvalue weighted by Crippen LogP contribution is -2.48. The molecule has 0 aliphatic carbocycles. The van der Waals surface area contributed by atoms with Crippen LogP contribution in [0.5, 0.6) is 0 Å². The van der Waals surface area contributed by atoms with Crippen molar-refractivity contribution in [3.8, 4) is 0 Å². The maximum atomic E-state index is 12.2. The third kappa shape index (κ3) is 5.09. The van der Waals surface area contributed by atoms with Gasteiger partial charge in [0.1, 0.15) is 0 Å². The molecule has 5 nitrogen and oxygen atoms in total. The minimum atomic E-state index is -0.196. The van der Waals surface area contributed by atoms with Crippen molar-refractivity contribution in [2.75, 3.05) is 25.0 Å². The highest BCUT2D eigenvalue weighted by Crippen LogP contribution is 2.23. The molecule has 3 N–H and O–H groups in total. The Labute approximate surface area is 148 Å². The summed E-state index contributed by atoms with van der Waals surface area (Å²) in [5, 5.41) is 9.14. The third-order valence-corrected chi connectivity index (χ3v) is 4.26. The van der Waals surface area contributed by atoms with Gasteiger partial charge in [-0.3, -0.25) is 9.59 Å². The Morgan fingerprint density at radius 2 is 2.09 bits per heavy atom. The molecule has 1 heterocycles. The number of nitrogens with one attached hydrogen (secondary N) is 3. The highest BCUT2D eigenvalue weighted by Gasteiger charge is 2.28. The molecule has 1 aliphatic heterocycles. The summed E-state index contributed by atoms with van der Waals surface area (Å²) in [6, 6.07) is 4.96. The zero-order valence-corrected chi connectivity index (χ0v) is 14.9. The first kappa shape index (κ1) is 19.7. The number of halogens is 2. The molecule has 2 amide bonds. The van der Waals surface area contributed by atoms with Crippen molar-refractivity contribution in [1.29, 1.82) is 0 Å². The monoisotopic (exact) mass is 359 g/mol. The molecular formula is C16H23Cl2N3O2. The van der Waals surface area contributed by atoms with Crippen LogP contribution in [-0.2, 0) is 4.79 Å². The second-order valence-corrected chi connectivity index (χ2v) is 6.05. The molecule has 1 saturated heterocycles. The first-order valence-electron chi connectivity index (χ1n) is 7.62. The standard InChI is InChI=1S/C16H22ClN3O2.ClH/c1-3-6-19-16(22)13-5-4-12(7-14(13)17)20-15(21)10(2)11-8-18-9-11;/h4-5,7,10-11,18H,3,6,8-9H2,1-2H3,(H,19,22)(H,20,21);1H. The van der Waals surface area contributed by atoms with Crippen LogP contribution >= 0.6 is 24.0 Å². The summed E-state index contributed by atoms with van der Waals surface area (Å²) < 4.78 is 0. The number of rotatable bonds is 6. The van der Waals surface area contributed by atoms with Crippen molar-refractivity contribution in [1.82, 2.24) is 10.6 Å². The summed E-state index contributed by atoms with van der Waals surface area (Å²) in [5.41, 5.74) is 1.03. The van der Waals surface area contributed by atoms with Crippen LogP contribution < -0.4 is 16.0 Å². The molecule has 1 aromatic carbocycles. The minimum Gasteiger partial charge on any atom is -0.352 e. The fourth-order valence-corrected chi connectivity index (χ4v) is 2.51. The van der Waals surface area contributed by atoms with Gasteiger partial charge in [0.25, 0.3) is 5.91 Å². The van der Waals surface area contributed by atoms with E-state index in [4.69, 9.17) is 11.6 Å². The average Bonchev–Trinajstić information content (AvgIpc) is 2.43. The fourth-order valence-electron chi connectivity index (χ4n) is 2.25. The Bertz CT molecular complexity index is 562.